The number of β-lactam (4-membered cyclic amide) rings is 1. The molecule has 2 amide bonds. The first-order valence-electron chi connectivity index (χ1n) is 9.93. The van der Waals surface area contributed by atoms with Crippen LogP contribution in [0.2, 0.25) is 0 Å². The Balaban J connectivity index is 1.74. The fourth-order valence-corrected chi connectivity index (χ4v) is 4.75. The summed E-state index contributed by atoms with van der Waals surface area (Å²) in [5.74, 6) is -1.40. The summed E-state index contributed by atoms with van der Waals surface area (Å²) in [7, 11) is 0. The molecule has 2 aliphatic rings. The normalized spacial score (nSPS) is 24.1. The lowest BCUT2D eigenvalue weighted by Gasteiger charge is -2.53. The summed E-state index contributed by atoms with van der Waals surface area (Å²) in [6, 6.07) is 7.52. The highest BCUT2D eigenvalue weighted by atomic mass is 32.2. The number of nitrogens with zero attached hydrogens (tertiary/aromatic N) is 1. The predicted octanol–water partition coefficient (Wildman–Crippen LogP) is 1.79. The van der Waals surface area contributed by atoms with Crippen molar-refractivity contribution in [2.75, 3.05) is 5.75 Å². The van der Waals surface area contributed by atoms with Crippen molar-refractivity contribution in [2.24, 2.45) is 0 Å². The van der Waals surface area contributed by atoms with E-state index in [-0.39, 0.29) is 18.2 Å². The van der Waals surface area contributed by atoms with E-state index in [4.69, 9.17) is 9.47 Å². The van der Waals surface area contributed by atoms with Crippen LogP contribution in [-0.4, -0.2) is 57.5 Å². The van der Waals surface area contributed by atoms with Crippen LogP contribution < -0.4 is 5.32 Å². The molecule has 0 aliphatic carbocycles. The third-order valence-electron chi connectivity index (χ3n) is 4.66. The van der Waals surface area contributed by atoms with Gasteiger partial charge in [0, 0.05) is 18.2 Å². The van der Waals surface area contributed by atoms with Gasteiger partial charge in [-0.15, -0.1) is 11.8 Å². The molecule has 2 fully saturated rings. The molecule has 2 aliphatic heterocycles. The van der Waals surface area contributed by atoms with Crippen molar-refractivity contribution in [3.05, 3.63) is 47.7 Å². The van der Waals surface area contributed by atoms with E-state index in [9.17, 15) is 19.2 Å². The van der Waals surface area contributed by atoms with E-state index in [0.29, 0.717) is 11.3 Å². The zero-order valence-corrected chi connectivity index (χ0v) is 18.7. The van der Waals surface area contributed by atoms with E-state index in [1.807, 2.05) is 30.3 Å². The quantitative estimate of drug-likeness (QED) is 0.418. The van der Waals surface area contributed by atoms with Crippen molar-refractivity contribution in [3.63, 3.8) is 0 Å². The Kier molecular flexibility index (Phi) is 6.74. The maximum absolute atomic E-state index is 12.9. The highest BCUT2D eigenvalue weighted by Gasteiger charge is 2.57. The average molecular weight is 447 g/mol. The fraction of sp³-hybridized carbons (Fsp3) is 0.455. The topological polar surface area (TPSA) is 102 Å². The Hall–Kier alpha value is -2.81. The van der Waals surface area contributed by atoms with Crippen LogP contribution in [0.4, 0.5) is 0 Å². The zero-order valence-electron chi connectivity index (χ0n) is 17.9. The lowest BCUT2D eigenvalue weighted by molar-refractivity contribution is -0.170. The minimum absolute atomic E-state index is 0.162. The molecule has 2 saturated heterocycles. The van der Waals surface area contributed by atoms with Gasteiger partial charge in [-0.2, -0.15) is 0 Å². The molecule has 9 heteroatoms. The Labute approximate surface area is 185 Å². The van der Waals surface area contributed by atoms with Gasteiger partial charge >= 0.3 is 11.9 Å². The molecule has 166 valence electrons. The van der Waals surface area contributed by atoms with Crippen molar-refractivity contribution in [3.8, 4) is 0 Å². The van der Waals surface area contributed by atoms with E-state index >= 15 is 0 Å². The third-order valence-corrected chi connectivity index (χ3v) is 6.00. The van der Waals surface area contributed by atoms with Gasteiger partial charge < -0.3 is 19.7 Å². The molecule has 0 aromatic heterocycles. The van der Waals surface area contributed by atoms with Crippen LogP contribution in [0.1, 0.15) is 33.3 Å². The van der Waals surface area contributed by atoms with Gasteiger partial charge in [0.05, 0.1) is 12.7 Å². The highest BCUT2D eigenvalue weighted by molar-refractivity contribution is 8.00. The predicted molar refractivity (Wildman–Crippen MR) is 115 cm³/mol. The average Bonchev–Trinajstić information content (AvgIpc) is 2.69. The molecule has 8 nitrogen and oxygen atoms in total. The number of carbonyl (C=O) groups excluding carboxylic acids is 4. The molecule has 1 N–H and O–H groups in total. The van der Waals surface area contributed by atoms with Gasteiger partial charge in [-0.3, -0.25) is 14.4 Å². The highest BCUT2D eigenvalue weighted by Crippen LogP contribution is 2.41. The standard InChI is InChI=1S/C22H26N2O6S/c1-13(25)29-11-15-12-31-20-17(23-16(26)10-14-8-6-5-7-9-14)19(27)24(20)18(15)21(28)30-22(2,3)4/h5-9,11,17-18,20H,10,12H2,1-4H3,(H,23,26)/b15-11-/t17?,18?,20-/m1/s1. The Morgan fingerprint density at radius 1 is 1.23 bits per heavy atom. The van der Waals surface area contributed by atoms with Gasteiger partial charge in [0.15, 0.2) is 6.04 Å². The zero-order chi connectivity index (χ0) is 22.8. The summed E-state index contributed by atoms with van der Waals surface area (Å²) >= 11 is 1.40. The SMILES string of the molecule is CC(=O)O/C=C1/CS[C@@H]2C(NC(=O)Cc3ccccc3)C(=O)N2C1C(=O)OC(C)(C)C. The number of thioether (sulfide) groups is 1. The van der Waals surface area contributed by atoms with Crippen molar-refractivity contribution in [1.29, 1.82) is 0 Å². The second-order valence-corrected chi connectivity index (χ2v) is 9.50. The van der Waals surface area contributed by atoms with Crippen molar-refractivity contribution >= 4 is 35.5 Å². The molecule has 1 aromatic rings. The summed E-state index contributed by atoms with van der Waals surface area (Å²) in [6.07, 6.45) is 1.38. The largest absolute Gasteiger partial charge is 0.458 e. The minimum atomic E-state index is -1.00. The summed E-state index contributed by atoms with van der Waals surface area (Å²) in [5, 5.41) is 2.38. The first kappa shape index (κ1) is 22.9. The number of ether oxygens (including phenoxy) is 2. The first-order chi connectivity index (χ1) is 14.6. The summed E-state index contributed by atoms with van der Waals surface area (Å²) in [5.41, 5.74) is 0.562. The van der Waals surface area contributed by atoms with Crippen molar-refractivity contribution < 1.29 is 28.7 Å². The van der Waals surface area contributed by atoms with Crippen LogP contribution in [0.3, 0.4) is 0 Å². The van der Waals surface area contributed by atoms with Gasteiger partial charge in [0.2, 0.25) is 11.8 Å². The number of fused-ring (bicyclic) bond motifs is 1. The van der Waals surface area contributed by atoms with E-state index in [1.54, 1.807) is 20.8 Å². The van der Waals surface area contributed by atoms with Gasteiger partial charge in [-0.25, -0.2) is 4.79 Å². The number of carbonyl (C=O) groups is 4. The van der Waals surface area contributed by atoms with Gasteiger partial charge in [-0.05, 0) is 26.3 Å². The van der Waals surface area contributed by atoms with E-state index in [1.165, 1.54) is 29.8 Å². The van der Waals surface area contributed by atoms with Gasteiger partial charge in [0.1, 0.15) is 17.0 Å². The van der Waals surface area contributed by atoms with Crippen LogP contribution in [0, 0.1) is 0 Å². The maximum atomic E-state index is 12.9. The number of esters is 2. The molecule has 2 heterocycles. The molecule has 0 radical (unpaired) electrons. The maximum Gasteiger partial charge on any atom is 0.333 e. The fourth-order valence-electron chi connectivity index (χ4n) is 3.39. The molecular weight excluding hydrogens is 420 g/mol. The van der Waals surface area contributed by atoms with Crippen molar-refractivity contribution in [2.45, 2.75) is 57.2 Å². The molecule has 3 rings (SSSR count). The van der Waals surface area contributed by atoms with E-state index < -0.39 is 35.0 Å². The second-order valence-electron chi connectivity index (χ2n) is 8.39. The van der Waals surface area contributed by atoms with Crippen LogP contribution in [0.15, 0.2) is 42.2 Å². The monoisotopic (exact) mass is 446 g/mol. The molecule has 3 atom stereocenters. The molecule has 0 spiro atoms. The molecule has 0 saturated carbocycles. The Morgan fingerprint density at radius 3 is 2.52 bits per heavy atom. The van der Waals surface area contributed by atoms with Crippen LogP contribution >= 0.6 is 11.8 Å². The number of hydrogen-bond donors (Lipinski definition) is 1. The van der Waals surface area contributed by atoms with Crippen LogP contribution in [-0.2, 0) is 35.1 Å². The lowest BCUT2D eigenvalue weighted by atomic mass is 9.97. The van der Waals surface area contributed by atoms with Crippen LogP contribution in [0.25, 0.3) is 0 Å². The van der Waals surface area contributed by atoms with Gasteiger partial charge in [-0.1, -0.05) is 30.3 Å². The molecule has 0 bridgehead atoms. The smallest absolute Gasteiger partial charge is 0.333 e. The molecule has 1 aromatic carbocycles. The van der Waals surface area contributed by atoms with Gasteiger partial charge in [0.25, 0.3) is 0 Å². The third kappa shape index (κ3) is 5.46. The number of nitrogens with one attached hydrogen (secondary N) is 1. The first-order valence-corrected chi connectivity index (χ1v) is 11.0. The van der Waals surface area contributed by atoms with E-state index in [2.05, 4.69) is 5.32 Å². The van der Waals surface area contributed by atoms with Crippen molar-refractivity contribution in [1.82, 2.24) is 10.2 Å². The summed E-state index contributed by atoms with van der Waals surface area (Å²) in [6.45, 7) is 6.46. The number of amides is 2. The number of hydrogen-bond acceptors (Lipinski definition) is 7. The number of rotatable bonds is 5. The molecule has 31 heavy (non-hydrogen) atoms. The minimum Gasteiger partial charge on any atom is -0.458 e. The summed E-state index contributed by atoms with van der Waals surface area (Å²) < 4.78 is 10.5. The Morgan fingerprint density at radius 2 is 1.90 bits per heavy atom. The van der Waals surface area contributed by atoms with E-state index in [0.717, 1.165) is 5.56 Å². The Bertz CT molecular complexity index is 908. The lowest BCUT2D eigenvalue weighted by Crippen LogP contribution is -2.75. The second kappa shape index (κ2) is 9.13. The molecular formula is C22H26N2O6S. The number of benzene rings is 1. The molecule has 2 unspecified atom stereocenters. The summed E-state index contributed by atoms with van der Waals surface area (Å²) in [4.78, 5) is 50.8. The van der Waals surface area contributed by atoms with Crippen LogP contribution in [0.5, 0.6) is 0 Å².